The molecule has 1 aliphatic rings. The molecule has 1 atom stereocenters. The lowest BCUT2D eigenvalue weighted by molar-refractivity contribution is -0.137. The topological polar surface area (TPSA) is 41.4 Å². The minimum absolute atomic E-state index is 0.0764. The summed E-state index contributed by atoms with van der Waals surface area (Å²) in [5, 5.41) is 5.09. The van der Waals surface area contributed by atoms with Gasteiger partial charge in [-0.25, -0.2) is 0 Å². The number of hydrogen-bond acceptors (Lipinski definition) is 3. The lowest BCUT2D eigenvalue weighted by Crippen LogP contribution is -2.49. The van der Waals surface area contributed by atoms with E-state index in [0.29, 0.717) is 11.6 Å². The Labute approximate surface area is 125 Å². The fourth-order valence-corrected chi connectivity index (χ4v) is 2.66. The van der Waals surface area contributed by atoms with Gasteiger partial charge in [-0.3, -0.25) is 9.48 Å². The third-order valence-electron chi connectivity index (χ3n) is 3.98. The van der Waals surface area contributed by atoms with Crippen molar-refractivity contribution in [2.45, 2.75) is 27.3 Å². The van der Waals surface area contributed by atoms with Crippen molar-refractivity contribution in [2.75, 3.05) is 33.2 Å². The Hall–Kier alpha value is -1.07. The fourth-order valence-electron chi connectivity index (χ4n) is 2.53. The van der Waals surface area contributed by atoms with Gasteiger partial charge in [0.15, 0.2) is 0 Å². The van der Waals surface area contributed by atoms with E-state index in [0.717, 1.165) is 37.6 Å². The van der Waals surface area contributed by atoms with Gasteiger partial charge in [0.25, 0.3) is 0 Å². The Morgan fingerprint density at radius 1 is 1.30 bits per heavy atom. The number of hydrogen-bond donors (Lipinski definition) is 0. The van der Waals surface area contributed by atoms with Crippen LogP contribution >= 0.6 is 11.6 Å². The smallest absolute Gasteiger partial charge is 0.227 e. The maximum absolute atomic E-state index is 12.4. The molecule has 0 unspecified atom stereocenters. The van der Waals surface area contributed by atoms with Gasteiger partial charge in [0, 0.05) is 26.2 Å². The molecule has 2 rings (SSSR count). The number of halogens is 1. The van der Waals surface area contributed by atoms with Crippen LogP contribution in [0.15, 0.2) is 0 Å². The number of carbonyl (C=O) groups excluding carboxylic acids is 1. The molecule has 2 heterocycles. The molecule has 1 saturated heterocycles. The van der Waals surface area contributed by atoms with Crippen LogP contribution in [0.3, 0.4) is 0 Å². The van der Waals surface area contributed by atoms with Crippen LogP contribution < -0.4 is 0 Å². The number of nitrogens with zero attached hydrogens (tertiary/aromatic N) is 4. The summed E-state index contributed by atoms with van der Waals surface area (Å²) in [5.41, 5.74) is 1.76. The van der Waals surface area contributed by atoms with E-state index in [4.69, 9.17) is 11.6 Å². The molecule has 6 heteroatoms. The highest BCUT2D eigenvalue weighted by Crippen LogP contribution is 2.20. The molecule has 0 aromatic carbocycles. The highest BCUT2D eigenvalue weighted by molar-refractivity contribution is 6.31. The second-order valence-corrected chi connectivity index (χ2v) is 6.07. The number of carbonyl (C=O) groups is 1. The predicted molar refractivity (Wildman–Crippen MR) is 80.0 cm³/mol. The highest BCUT2D eigenvalue weighted by Gasteiger charge is 2.24. The monoisotopic (exact) mass is 298 g/mol. The summed E-state index contributed by atoms with van der Waals surface area (Å²) in [6.45, 7) is 9.91. The van der Waals surface area contributed by atoms with Crippen molar-refractivity contribution in [3.05, 3.63) is 16.4 Å². The molecular weight excluding hydrogens is 276 g/mol. The summed E-state index contributed by atoms with van der Waals surface area (Å²) in [4.78, 5) is 16.6. The summed E-state index contributed by atoms with van der Waals surface area (Å²) in [5.74, 6) is 0.134. The average molecular weight is 299 g/mol. The minimum Gasteiger partial charge on any atom is -0.340 e. The average Bonchev–Trinajstić information content (AvgIpc) is 2.66. The third kappa shape index (κ3) is 3.15. The van der Waals surface area contributed by atoms with E-state index in [9.17, 15) is 4.79 Å². The maximum atomic E-state index is 12.4. The first-order valence-corrected chi connectivity index (χ1v) is 7.44. The second kappa shape index (κ2) is 6.14. The fraction of sp³-hybridized carbons (Fsp3) is 0.714. The number of likely N-dealkylation sites (N-methyl/N-ethyl adjacent to an activating group) is 1. The molecule has 0 spiro atoms. The Kier molecular flexibility index (Phi) is 4.70. The zero-order valence-electron chi connectivity index (χ0n) is 12.7. The van der Waals surface area contributed by atoms with E-state index in [1.54, 1.807) is 0 Å². The Morgan fingerprint density at radius 2 is 1.90 bits per heavy atom. The SMILES string of the molecule is Cc1nn(C[C@H](C)C(=O)N2CCN(C)CC2)c(C)c1Cl. The molecule has 0 N–H and O–H groups in total. The van der Waals surface area contributed by atoms with Crippen molar-refractivity contribution in [3.8, 4) is 0 Å². The number of rotatable bonds is 3. The van der Waals surface area contributed by atoms with Crippen LogP contribution in [0, 0.1) is 19.8 Å². The molecule has 0 saturated carbocycles. The van der Waals surface area contributed by atoms with Crippen molar-refractivity contribution in [1.29, 1.82) is 0 Å². The van der Waals surface area contributed by atoms with Gasteiger partial charge < -0.3 is 9.80 Å². The summed E-state index contributed by atoms with van der Waals surface area (Å²) in [6, 6.07) is 0. The molecule has 5 nitrogen and oxygen atoms in total. The predicted octanol–water partition coefficient (Wildman–Crippen LogP) is 1.56. The van der Waals surface area contributed by atoms with Gasteiger partial charge >= 0.3 is 0 Å². The highest BCUT2D eigenvalue weighted by atomic mass is 35.5. The van der Waals surface area contributed by atoms with Gasteiger partial charge in [-0.05, 0) is 20.9 Å². The van der Waals surface area contributed by atoms with Crippen LogP contribution in [-0.4, -0.2) is 58.7 Å². The molecule has 1 amide bonds. The lowest BCUT2D eigenvalue weighted by Gasteiger charge is -2.34. The standard InChI is InChI=1S/C14H23ClN4O/c1-10(9-19-12(3)13(15)11(2)16-19)14(20)18-7-5-17(4)6-8-18/h10H,5-9H2,1-4H3/t10-/m0/s1. The first-order valence-electron chi connectivity index (χ1n) is 7.07. The quantitative estimate of drug-likeness (QED) is 0.850. The zero-order valence-corrected chi connectivity index (χ0v) is 13.4. The summed E-state index contributed by atoms with van der Waals surface area (Å²) >= 11 is 6.14. The molecule has 112 valence electrons. The molecule has 1 aliphatic heterocycles. The van der Waals surface area contributed by atoms with Crippen LogP contribution in [0.1, 0.15) is 18.3 Å². The van der Waals surface area contributed by atoms with Gasteiger partial charge in [0.05, 0.1) is 28.9 Å². The largest absolute Gasteiger partial charge is 0.340 e. The normalized spacial score (nSPS) is 18.4. The van der Waals surface area contributed by atoms with Gasteiger partial charge in [0.2, 0.25) is 5.91 Å². The zero-order chi connectivity index (χ0) is 14.9. The summed E-state index contributed by atoms with van der Waals surface area (Å²) < 4.78 is 1.84. The van der Waals surface area contributed by atoms with E-state index in [-0.39, 0.29) is 11.8 Å². The first-order chi connectivity index (χ1) is 9.40. The number of aromatic nitrogens is 2. The molecule has 1 fully saturated rings. The second-order valence-electron chi connectivity index (χ2n) is 5.70. The van der Waals surface area contributed by atoms with Gasteiger partial charge in [-0.1, -0.05) is 18.5 Å². The van der Waals surface area contributed by atoms with Crippen LogP contribution in [-0.2, 0) is 11.3 Å². The van der Waals surface area contributed by atoms with Crippen molar-refractivity contribution in [2.24, 2.45) is 5.92 Å². The number of amides is 1. The van der Waals surface area contributed by atoms with Crippen LogP contribution in [0.2, 0.25) is 5.02 Å². The van der Waals surface area contributed by atoms with Gasteiger partial charge in [-0.2, -0.15) is 5.10 Å². The van der Waals surface area contributed by atoms with E-state index in [2.05, 4.69) is 17.0 Å². The van der Waals surface area contributed by atoms with Gasteiger partial charge in [0.1, 0.15) is 0 Å². The lowest BCUT2D eigenvalue weighted by atomic mass is 10.1. The summed E-state index contributed by atoms with van der Waals surface area (Å²) in [7, 11) is 2.09. The summed E-state index contributed by atoms with van der Waals surface area (Å²) in [6.07, 6.45) is 0. The van der Waals surface area contributed by atoms with Crippen molar-refractivity contribution in [3.63, 3.8) is 0 Å². The molecular formula is C14H23ClN4O. The van der Waals surface area contributed by atoms with Gasteiger partial charge in [-0.15, -0.1) is 0 Å². The molecule has 0 radical (unpaired) electrons. The van der Waals surface area contributed by atoms with Crippen LogP contribution in [0.25, 0.3) is 0 Å². The van der Waals surface area contributed by atoms with E-state index in [1.165, 1.54) is 0 Å². The number of piperazine rings is 1. The molecule has 0 aliphatic carbocycles. The van der Waals surface area contributed by atoms with E-state index >= 15 is 0 Å². The molecule has 0 bridgehead atoms. The van der Waals surface area contributed by atoms with E-state index < -0.39 is 0 Å². The third-order valence-corrected chi connectivity index (χ3v) is 4.52. The van der Waals surface area contributed by atoms with Crippen LogP contribution in [0.4, 0.5) is 0 Å². The Bertz CT molecular complexity index is 492. The number of aryl methyl sites for hydroxylation is 1. The maximum Gasteiger partial charge on any atom is 0.227 e. The molecule has 1 aromatic rings. The molecule has 1 aromatic heterocycles. The van der Waals surface area contributed by atoms with E-state index in [1.807, 2.05) is 30.4 Å². The van der Waals surface area contributed by atoms with Crippen molar-refractivity contribution >= 4 is 17.5 Å². The Morgan fingerprint density at radius 3 is 2.40 bits per heavy atom. The van der Waals surface area contributed by atoms with Crippen LogP contribution in [0.5, 0.6) is 0 Å². The molecule has 20 heavy (non-hydrogen) atoms. The Balaban J connectivity index is 1.99. The first kappa shape index (κ1) is 15.3. The minimum atomic E-state index is -0.0764. The van der Waals surface area contributed by atoms with Crippen molar-refractivity contribution in [1.82, 2.24) is 19.6 Å². The van der Waals surface area contributed by atoms with Crippen molar-refractivity contribution < 1.29 is 4.79 Å².